The summed E-state index contributed by atoms with van der Waals surface area (Å²) in [5.41, 5.74) is 5.55. The topological polar surface area (TPSA) is 55.6 Å². The first-order chi connectivity index (χ1) is 6.65. The van der Waals surface area contributed by atoms with E-state index < -0.39 is 6.04 Å². The van der Waals surface area contributed by atoms with Crippen LogP contribution < -0.4 is 5.73 Å². The third kappa shape index (κ3) is 4.36. The summed E-state index contributed by atoms with van der Waals surface area (Å²) < 4.78 is 5.54. The fourth-order valence-corrected chi connectivity index (χ4v) is 1.70. The third-order valence-electron chi connectivity index (χ3n) is 2.45. The van der Waals surface area contributed by atoms with E-state index in [1.807, 2.05) is 4.90 Å². The van der Waals surface area contributed by atoms with Crippen LogP contribution in [-0.4, -0.2) is 42.6 Å². The predicted octanol–water partition coefficient (Wildman–Crippen LogP) is 0.783. The van der Waals surface area contributed by atoms with E-state index in [9.17, 15) is 4.79 Å². The molecule has 1 saturated heterocycles. The standard InChI is InChI=1S/C10H20N2O2.ClH/c1-3-4-9-7-12(5-6-14-9)10(13)8(2)11;/h8-9H,3-7,11H2,1-2H3;1H/t8-,9?;/m1./s1. The summed E-state index contributed by atoms with van der Waals surface area (Å²) in [6.07, 6.45) is 2.31. The van der Waals surface area contributed by atoms with Crippen molar-refractivity contribution in [3.8, 4) is 0 Å². The molecule has 5 heteroatoms. The molecule has 0 aliphatic carbocycles. The van der Waals surface area contributed by atoms with Gasteiger partial charge in [0.1, 0.15) is 0 Å². The van der Waals surface area contributed by atoms with Crippen LogP contribution >= 0.6 is 12.4 Å². The summed E-state index contributed by atoms with van der Waals surface area (Å²) in [5, 5.41) is 0. The van der Waals surface area contributed by atoms with Gasteiger partial charge in [-0.15, -0.1) is 12.4 Å². The van der Waals surface area contributed by atoms with Gasteiger partial charge in [-0.05, 0) is 13.3 Å². The maximum absolute atomic E-state index is 11.6. The van der Waals surface area contributed by atoms with Gasteiger partial charge in [-0.3, -0.25) is 4.79 Å². The van der Waals surface area contributed by atoms with E-state index in [2.05, 4.69) is 6.92 Å². The summed E-state index contributed by atoms with van der Waals surface area (Å²) in [6, 6.07) is -0.393. The van der Waals surface area contributed by atoms with Crippen LogP contribution in [-0.2, 0) is 9.53 Å². The first-order valence-corrected chi connectivity index (χ1v) is 5.31. The van der Waals surface area contributed by atoms with Gasteiger partial charge in [-0.1, -0.05) is 13.3 Å². The van der Waals surface area contributed by atoms with Gasteiger partial charge < -0.3 is 15.4 Å². The Bertz CT molecular complexity index is 198. The van der Waals surface area contributed by atoms with Crippen molar-refractivity contribution in [3.05, 3.63) is 0 Å². The highest BCUT2D eigenvalue weighted by molar-refractivity contribution is 5.85. The van der Waals surface area contributed by atoms with E-state index in [0.29, 0.717) is 19.7 Å². The van der Waals surface area contributed by atoms with Gasteiger partial charge in [0.2, 0.25) is 5.91 Å². The number of nitrogens with two attached hydrogens (primary N) is 1. The van der Waals surface area contributed by atoms with Gasteiger partial charge in [0, 0.05) is 13.1 Å². The second-order valence-corrected chi connectivity index (χ2v) is 3.85. The Hall–Kier alpha value is -0.320. The van der Waals surface area contributed by atoms with Crippen LogP contribution in [0.2, 0.25) is 0 Å². The SMILES string of the molecule is CCCC1CN(C(=O)[C@@H](C)N)CCO1.Cl. The molecule has 2 atom stereocenters. The summed E-state index contributed by atoms with van der Waals surface area (Å²) in [7, 11) is 0. The zero-order chi connectivity index (χ0) is 10.6. The van der Waals surface area contributed by atoms with E-state index in [4.69, 9.17) is 10.5 Å². The lowest BCUT2D eigenvalue weighted by molar-refractivity contribution is -0.140. The van der Waals surface area contributed by atoms with Gasteiger partial charge in [0.05, 0.1) is 18.8 Å². The monoisotopic (exact) mass is 236 g/mol. The Morgan fingerprint density at radius 3 is 2.87 bits per heavy atom. The molecule has 0 aromatic heterocycles. The van der Waals surface area contributed by atoms with Gasteiger partial charge in [0.25, 0.3) is 0 Å². The van der Waals surface area contributed by atoms with Crippen molar-refractivity contribution in [2.24, 2.45) is 5.73 Å². The molecular weight excluding hydrogens is 216 g/mol. The second-order valence-electron chi connectivity index (χ2n) is 3.85. The van der Waals surface area contributed by atoms with Crippen LogP contribution in [0.1, 0.15) is 26.7 Å². The number of ether oxygens (including phenoxy) is 1. The number of morpholine rings is 1. The molecule has 0 spiro atoms. The molecule has 1 amide bonds. The molecule has 0 aromatic carbocycles. The largest absolute Gasteiger partial charge is 0.375 e. The molecule has 0 radical (unpaired) electrons. The Balaban J connectivity index is 0.00000196. The zero-order valence-corrected chi connectivity index (χ0v) is 10.3. The summed E-state index contributed by atoms with van der Waals surface area (Å²) in [6.45, 7) is 5.88. The predicted molar refractivity (Wildman–Crippen MR) is 62.1 cm³/mol. The summed E-state index contributed by atoms with van der Waals surface area (Å²) in [5.74, 6) is 0.0365. The minimum atomic E-state index is -0.393. The number of hydrogen-bond acceptors (Lipinski definition) is 3. The average molecular weight is 237 g/mol. The van der Waals surface area contributed by atoms with Crippen LogP contribution in [0.15, 0.2) is 0 Å². The number of nitrogens with zero attached hydrogens (tertiary/aromatic N) is 1. The van der Waals surface area contributed by atoms with Crippen molar-refractivity contribution in [1.29, 1.82) is 0 Å². The summed E-state index contributed by atoms with van der Waals surface area (Å²) in [4.78, 5) is 13.4. The van der Waals surface area contributed by atoms with Crippen molar-refractivity contribution in [2.45, 2.75) is 38.8 Å². The molecule has 1 aliphatic rings. The number of rotatable bonds is 3. The molecule has 1 rings (SSSR count). The lowest BCUT2D eigenvalue weighted by Crippen LogP contribution is -2.50. The maximum atomic E-state index is 11.6. The van der Waals surface area contributed by atoms with Crippen LogP contribution in [0, 0.1) is 0 Å². The second kappa shape index (κ2) is 7.04. The van der Waals surface area contributed by atoms with Gasteiger partial charge in [-0.2, -0.15) is 0 Å². The third-order valence-corrected chi connectivity index (χ3v) is 2.45. The highest BCUT2D eigenvalue weighted by Gasteiger charge is 2.24. The quantitative estimate of drug-likeness (QED) is 0.788. The molecule has 15 heavy (non-hydrogen) atoms. The minimum Gasteiger partial charge on any atom is -0.375 e. The lowest BCUT2D eigenvalue weighted by atomic mass is 10.1. The van der Waals surface area contributed by atoms with Gasteiger partial charge in [0.15, 0.2) is 0 Å². The molecule has 2 N–H and O–H groups in total. The zero-order valence-electron chi connectivity index (χ0n) is 9.44. The maximum Gasteiger partial charge on any atom is 0.239 e. The molecular formula is C10H21ClN2O2. The van der Waals surface area contributed by atoms with Crippen LogP contribution in [0.25, 0.3) is 0 Å². The first-order valence-electron chi connectivity index (χ1n) is 5.31. The Morgan fingerprint density at radius 2 is 2.33 bits per heavy atom. The lowest BCUT2D eigenvalue weighted by Gasteiger charge is -2.33. The molecule has 1 fully saturated rings. The Morgan fingerprint density at radius 1 is 1.67 bits per heavy atom. The smallest absolute Gasteiger partial charge is 0.239 e. The molecule has 1 unspecified atom stereocenters. The normalized spacial score (nSPS) is 23.1. The van der Waals surface area contributed by atoms with Crippen LogP contribution in [0.3, 0.4) is 0 Å². The summed E-state index contributed by atoms with van der Waals surface area (Å²) >= 11 is 0. The molecule has 0 aromatic rings. The Labute approximate surface area is 97.5 Å². The molecule has 4 nitrogen and oxygen atoms in total. The molecule has 0 saturated carbocycles. The number of carbonyl (C=O) groups excluding carboxylic acids is 1. The Kier molecular flexibility index (Phi) is 6.89. The van der Waals surface area contributed by atoms with E-state index in [-0.39, 0.29) is 24.4 Å². The number of carbonyl (C=O) groups is 1. The fraction of sp³-hybridized carbons (Fsp3) is 0.900. The molecule has 1 aliphatic heterocycles. The molecule has 1 heterocycles. The van der Waals surface area contributed by atoms with Crippen LogP contribution in [0.4, 0.5) is 0 Å². The van der Waals surface area contributed by atoms with Crippen LogP contribution in [0.5, 0.6) is 0 Å². The molecule has 0 bridgehead atoms. The minimum absolute atomic E-state index is 0. The number of halogens is 1. The highest BCUT2D eigenvalue weighted by atomic mass is 35.5. The first kappa shape index (κ1) is 14.7. The van der Waals surface area contributed by atoms with E-state index in [1.54, 1.807) is 6.92 Å². The van der Waals surface area contributed by atoms with Crippen molar-refractivity contribution < 1.29 is 9.53 Å². The van der Waals surface area contributed by atoms with E-state index in [1.165, 1.54) is 0 Å². The highest BCUT2D eigenvalue weighted by Crippen LogP contribution is 2.10. The molecule has 90 valence electrons. The van der Waals surface area contributed by atoms with Crippen molar-refractivity contribution in [3.63, 3.8) is 0 Å². The van der Waals surface area contributed by atoms with Crippen molar-refractivity contribution >= 4 is 18.3 Å². The fourth-order valence-electron chi connectivity index (χ4n) is 1.70. The van der Waals surface area contributed by atoms with Gasteiger partial charge in [-0.25, -0.2) is 0 Å². The average Bonchev–Trinajstić information content (AvgIpc) is 2.17. The van der Waals surface area contributed by atoms with Crippen molar-refractivity contribution in [2.75, 3.05) is 19.7 Å². The number of hydrogen-bond donors (Lipinski definition) is 1. The van der Waals surface area contributed by atoms with E-state index in [0.717, 1.165) is 12.8 Å². The van der Waals surface area contributed by atoms with Gasteiger partial charge >= 0.3 is 0 Å². The number of amides is 1. The van der Waals surface area contributed by atoms with E-state index >= 15 is 0 Å². The van der Waals surface area contributed by atoms with Crippen molar-refractivity contribution in [1.82, 2.24) is 4.90 Å².